The van der Waals surface area contributed by atoms with Crippen molar-refractivity contribution >= 4 is 5.69 Å². The van der Waals surface area contributed by atoms with Gasteiger partial charge in [-0.15, -0.1) is 0 Å². The fraction of sp³-hybridized carbons (Fsp3) is 0.647. The summed E-state index contributed by atoms with van der Waals surface area (Å²) >= 11 is 0. The van der Waals surface area contributed by atoms with Crippen molar-refractivity contribution in [2.75, 3.05) is 18.5 Å². The third kappa shape index (κ3) is 1.88. The number of benzene rings is 1. The van der Waals surface area contributed by atoms with E-state index in [2.05, 4.69) is 44.0 Å². The molecule has 2 heteroatoms. The summed E-state index contributed by atoms with van der Waals surface area (Å²) in [7, 11) is 2.26. The van der Waals surface area contributed by atoms with E-state index in [0.29, 0.717) is 0 Å². The Bertz CT molecular complexity index is 482. The topological polar surface area (TPSA) is 29.3 Å². The van der Waals surface area contributed by atoms with Crippen molar-refractivity contribution in [2.45, 2.75) is 45.1 Å². The Balaban J connectivity index is 1.96. The summed E-state index contributed by atoms with van der Waals surface area (Å²) in [6.07, 6.45) is 5.48. The molecule has 3 atom stereocenters. The Labute approximate surface area is 117 Å². The Morgan fingerprint density at radius 2 is 2.11 bits per heavy atom. The second-order valence-electron chi connectivity index (χ2n) is 6.74. The maximum absolute atomic E-state index is 6.23. The lowest BCUT2D eigenvalue weighted by Gasteiger charge is -2.46. The van der Waals surface area contributed by atoms with Gasteiger partial charge in [-0.2, -0.15) is 0 Å². The van der Waals surface area contributed by atoms with Crippen LogP contribution in [0.5, 0.6) is 0 Å². The van der Waals surface area contributed by atoms with E-state index in [9.17, 15) is 0 Å². The van der Waals surface area contributed by atoms with Crippen LogP contribution in [0.15, 0.2) is 18.2 Å². The molecule has 0 spiro atoms. The van der Waals surface area contributed by atoms with Gasteiger partial charge in [0.25, 0.3) is 0 Å². The highest BCUT2D eigenvalue weighted by Crippen LogP contribution is 2.53. The number of aryl methyl sites for hydroxylation is 2. The molecule has 0 radical (unpaired) electrons. The smallest absolute Gasteiger partial charge is 0.0551 e. The summed E-state index contributed by atoms with van der Waals surface area (Å²) in [6, 6.07) is 6.77. The van der Waals surface area contributed by atoms with Gasteiger partial charge in [0.05, 0.1) is 5.54 Å². The first kappa shape index (κ1) is 13.0. The Morgan fingerprint density at radius 3 is 2.63 bits per heavy atom. The van der Waals surface area contributed by atoms with Gasteiger partial charge in [-0.25, -0.2) is 0 Å². The minimum absolute atomic E-state index is 0.211. The third-order valence-electron chi connectivity index (χ3n) is 5.68. The minimum Gasteiger partial charge on any atom is -0.367 e. The van der Waals surface area contributed by atoms with Crippen molar-refractivity contribution in [3.05, 3.63) is 29.3 Å². The SMILES string of the molecule is Cc1ccc(N(C)C2(CN)CC3CCC2C3)c(C)c1. The maximum atomic E-state index is 6.23. The van der Waals surface area contributed by atoms with Gasteiger partial charge in [0.2, 0.25) is 0 Å². The van der Waals surface area contributed by atoms with Crippen LogP contribution in [0.3, 0.4) is 0 Å². The molecular formula is C17H26N2. The molecule has 0 aromatic heterocycles. The second kappa shape index (κ2) is 4.52. The summed E-state index contributed by atoms with van der Waals surface area (Å²) in [5, 5.41) is 0. The number of nitrogens with two attached hydrogens (primary N) is 1. The zero-order valence-electron chi connectivity index (χ0n) is 12.4. The lowest BCUT2D eigenvalue weighted by atomic mass is 9.79. The molecule has 0 amide bonds. The molecule has 104 valence electrons. The maximum Gasteiger partial charge on any atom is 0.0551 e. The molecule has 1 aromatic rings. The second-order valence-corrected chi connectivity index (χ2v) is 6.74. The molecule has 2 bridgehead atoms. The van der Waals surface area contributed by atoms with Gasteiger partial charge in [0.15, 0.2) is 0 Å². The van der Waals surface area contributed by atoms with E-state index in [1.54, 1.807) is 0 Å². The number of nitrogens with zero attached hydrogens (tertiary/aromatic N) is 1. The molecule has 3 rings (SSSR count). The Hall–Kier alpha value is -1.02. The summed E-state index contributed by atoms with van der Waals surface area (Å²) in [5.41, 5.74) is 10.5. The van der Waals surface area contributed by atoms with E-state index < -0.39 is 0 Å². The molecule has 19 heavy (non-hydrogen) atoms. The van der Waals surface area contributed by atoms with Crippen LogP contribution in [0.25, 0.3) is 0 Å². The molecule has 0 heterocycles. The molecule has 2 fully saturated rings. The van der Waals surface area contributed by atoms with E-state index in [-0.39, 0.29) is 5.54 Å². The van der Waals surface area contributed by atoms with Gasteiger partial charge >= 0.3 is 0 Å². The lowest BCUT2D eigenvalue weighted by molar-refractivity contribution is 0.267. The van der Waals surface area contributed by atoms with Crippen LogP contribution < -0.4 is 10.6 Å². The summed E-state index contributed by atoms with van der Waals surface area (Å²) in [6.45, 7) is 5.17. The van der Waals surface area contributed by atoms with Crippen molar-refractivity contribution in [1.82, 2.24) is 0 Å². The van der Waals surface area contributed by atoms with Crippen LogP contribution in [-0.2, 0) is 0 Å². The van der Waals surface area contributed by atoms with Crippen molar-refractivity contribution in [3.8, 4) is 0 Å². The van der Waals surface area contributed by atoms with E-state index in [0.717, 1.165) is 18.4 Å². The molecule has 2 N–H and O–H groups in total. The molecule has 3 unspecified atom stereocenters. The molecule has 0 saturated heterocycles. The monoisotopic (exact) mass is 258 g/mol. The lowest BCUT2D eigenvalue weighted by Crippen LogP contribution is -2.56. The Morgan fingerprint density at radius 1 is 1.32 bits per heavy atom. The first-order valence-electron chi connectivity index (χ1n) is 7.58. The number of rotatable bonds is 3. The summed E-state index contributed by atoms with van der Waals surface area (Å²) in [4.78, 5) is 2.51. The van der Waals surface area contributed by atoms with Crippen molar-refractivity contribution < 1.29 is 0 Å². The highest BCUT2D eigenvalue weighted by atomic mass is 15.2. The predicted molar refractivity (Wildman–Crippen MR) is 81.6 cm³/mol. The first-order valence-corrected chi connectivity index (χ1v) is 7.58. The van der Waals surface area contributed by atoms with Crippen LogP contribution in [0.4, 0.5) is 5.69 Å². The van der Waals surface area contributed by atoms with E-state index >= 15 is 0 Å². The van der Waals surface area contributed by atoms with Crippen LogP contribution in [0, 0.1) is 25.7 Å². The van der Waals surface area contributed by atoms with Gasteiger partial charge in [-0.1, -0.05) is 17.7 Å². The third-order valence-corrected chi connectivity index (χ3v) is 5.68. The van der Waals surface area contributed by atoms with E-state index in [4.69, 9.17) is 5.73 Å². The molecule has 2 saturated carbocycles. The van der Waals surface area contributed by atoms with Gasteiger partial charge in [-0.3, -0.25) is 0 Å². The van der Waals surface area contributed by atoms with Gasteiger partial charge in [-0.05, 0) is 63.0 Å². The number of likely N-dealkylation sites (N-methyl/N-ethyl adjacent to an activating group) is 1. The average Bonchev–Trinajstić information content (AvgIpc) is 2.98. The van der Waals surface area contributed by atoms with Crippen molar-refractivity contribution in [2.24, 2.45) is 17.6 Å². The summed E-state index contributed by atoms with van der Waals surface area (Å²) < 4.78 is 0. The van der Waals surface area contributed by atoms with E-state index in [1.807, 2.05) is 0 Å². The van der Waals surface area contributed by atoms with Crippen LogP contribution in [0.1, 0.15) is 36.8 Å². The molecule has 2 nitrogen and oxygen atoms in total. The quantitative estimate of drug-likeness (QED) is 0.901. The standard InChI is InChI=1S/C17H26N2/c1-12-4-7-16(13(2)8-12)19(3)17(11-18)10-14-5-6-15(17)9-14/h4,7-8,14-15H,5-6,9-11,18H2,1-3H3. The molecule has 0 aliphatic heterocycles. The van der Waals surface area contributed by atoms with Gasteiger partial charge in [0, 0.05) is 19.3 Å². The van der Waals surface area contributed by atoms with Crippen LogP contribution in [-0.4, -0.2) is 19.1 Å². The molecule has 2 aliphatic carbocycles. The fourth-order valence-electron chi connectivity index (χ4n) is 4.63. The van der Waals surface area contributed by atoms with E-state index in [1.165, 1.54) is 42.5 Å². The average molecular weight is 258 g/mol. The van der Waals surface area contributed by atoms with Crippen molar-refractivity contribution in [3.63, 3.8) is 0 Å². The number of fused-ring (bicyclic) bond motifs is 2. The number of anilines is 1. The zero-order valence-corrected chi connectivity index (χ0v) is 12.4. The molecule has 1 aromatic carbocycles. The van der Waals surface area contributed by atoms with Crippen LogP contribution >= 0.6 is 0 Å². The first-order chi connectivity index (χ1) is 9.06. The molecular weight excluding hydrogens is 232 g/mol. The van der Waals surface area contributed by atoms with Crippen molar-refractivity contribution in [1.29, 1.82) is 0 Å². The van der Waals surface area contributed by atoms with Crippen LogP contribution in [0.2, 0.25) is 0 Å². The Kier molecular flexibility index (Phi) is 3.09. The fourth-order valence-corrected chi connectivity index (χ4v) is 4.63. The number of hydrogen-bond acceptors (Lipinski definition) is 2. The highest BCUT2D eigenvalue weighted by Gasteiger charge is 2.52. The minimum atomic E-state index is 0.211. The largest absolute Gasteiger partial charge is 0.367 e. The van der Waals surface area contributed by atoms with Gasteiger partial charge < -0.3 is 10.6 Å². The normalized spacial score (nSPS) is 32.8. The zero-order chi connectivity index (χ0) is 13.6. The van der Waals surface area contributed by atoms with Gasteiger partial charge in [0.1, 0.15) is 0 Å². The summed E-state index contributed by atoms with van der Waals surface area (Å²) in [5.74, 6) is 1.72. The molecule has 2 aliphatic rings. The number of hydrogen-bond donors (Lipinski definition) is 1. The predicted octanol–water partition coefficient (Wildman–Crippen LogP) is 3.26. The highest BCUT2D eigenvalue weighted by molar-refractivity contribution is 5.56.